The van der Waals surface area contributed by atoms with Crippen LogP contribution in [0.5, 0.6) is 0 Å². The normalized spacial score (nSPS) is 17.0. The van der Waals surface area contributed by atoms with E-state index in [2.05, 4.69) is 69.2 Å². The van der Waals surface area contributed by atoms with E-state index in [4.69, 9.17) is 14.2 Å². The molecule has 2 unspecified atom stereocenters. The average Bonchev–Trinajstić information content (AvgIpc) is 2.34. The van der Waals surface area contributed by atoms with E-state index in [1.807, 2.05) is 0 Å². The Hall–Kier alpha value is -0.160. The SMILES string of the molecule is COCC(OC(CO)CC(C)(C)C(C)(C)C)OC(C)(C)C(C)(C)C. The van der Waals surface area contributed by atoms with Gasteiger partial charge in [0.15, 0.2) is 6.29 Å². The summed E-state index contributed by atoms with van der Waals surface area (Å²) in [6, 6.07) is 0. The molecule has 0 fully saturated rings. The van der Waals surface area contributed by atoms with Gasteiger partial charge in [-0.1, -0.05) is 55.4 Å². The van der Waals surface area contributed by atoms with E-state index < -0.39 is 6.29 Å². The third-order valence-corrected chi connectivity index (χ3v) is 5.85. The van der Waals surface area contributed by atoms with E-state index in [9.17, 15) is 5.11 Å². The minimum absolute atomic E-state index is 0.0254. The average molecular weight is 347 g/mol. The van der Waals surface area contributed by atoms with Crippen LogP contribution in [0.1, 0.15) is 75.7 Å². The Labute approximate surface area is 150 Å². The predicted molar refractivity (Wildman–Crippen MR) is 100 cm³/mol. The molecule has 0 spiro atoms. The highest BCUT2D eigenvalue weighted by molar-refractivity contribution is 4.86. The molecule has 0 amide bonds. The van der Waals surface area contributed by atoms with Gasteiger partial charge in [0.1, 0.15) is 0 Å². The lowest BCUT2D eigenvalue weighted by Gasteiger charge is -2.43. The molecule has 0 aromatic heterocycles. The van der Waals surface area contributed by atoms with Crippen LogP contribution in [0.15, 0.2) is 0 Å². The molecule has 0 bridgehead atoms. The second-order valence-electron chi connectivity index (χ2n) is 10.0. The first-order chi connectivity index (χ1) is 10.6. The van der Waals surface area contributed by atoms with Crippen molar-refractivity contribution in [1.82, 2.24) is 0 Å². The second-order valence-corrected chi connectivity index (χ2v) is 10.0. The van der Waals surface area contributed by atoms with Crippen molar-refractivity contribution in [2.45, 2.75) is 93.7 Å². The number of hydrogen-bond donors (Lipinski definition) is 1. The van der Waals surface area contributed by atoms with Crippen LogP contribution in [0.25, 0.3) is 0 Å². The first-order valence-corrected chi connectivity index (χ1v) is 9.00. The topological polar surface area (TPSA) is 47.9 Å². The number of aliphatic hydroxyl groups is 1. The van der Waals surface area contributed by atoms with E-state index in [0.29, 0.717) is 6.61 Å². The van der Waals surface area contributed by atoms with Gasteiger partial charge in [-0.25, -0.2) is 0 Å². The summed E-state index contributed by atoms with van der Waals surface area (Å²) in [5.74, 6) is 0. The Balaban J connectivity index is 5.08. The number of methoxy groups -OCH3 is 1. The fourth-order valence-electron chi connectivity index (χ4n) is 1.99. The van der Waals surface area contributed by atoms with E-state index in [1.165, 1.54) is 0 Å². The summed E-state index contributed by atoms with van der Waals surface area (Å²) in [4.78, 5) is 0. The van der Waals surface area contributed by atoms with Crippen molar-refractivity contribution in [3.05, 3.63) is 0 Å². The van der Waals surface area contributed by atoms with Gasteiger partial charge in [-0.15, -0.1) is 0 Å². The maximum atomic E-state index is 9.81. The zero-order valence-electron chi connectivity index (χ0n) is 17.9. The molecule has 0 aliphatic rings. The molecule has 146 valence electrons. The minimum atomic E-state index is -0.503. The van der Waals surface area contributed by atoms with Crippen LogP contribution >= 0.6 is 0 Å². The summed E-state index contributed by atoms with van der Waals surface area (Å²) >= 11 is 0. The number of ether oxygens (including phenoxy) is 3. The second kappa shape index (κ2) is 8.48. The van der Waals surface area contributed by atoms with Gasteiger partial charge in [0, 0.05) is 7.11 Å². The van der Waals surface area contributed by atoms with Gasteiger partial charge >= 0.3 is 0 Å². The summed E-state index contributed by atoms with van der Waals surface area (Å²) in [6.45, 7) is 21.9. The fraction of sp³-hybridized carbons (Fsp3) is 1.00. The zero-order valence-corrected chi connectivity index (χ0v) is 17.9. The molecule has 2 atom stereocenters. The van der Waals surface area contributed by atoms with Crippen molar-refractivity contribution < 1.29 is 19.3 Å². The van der Waals surface area contributed by atoms with Gasteiger partial charge in [-0.2, -0.15) is 0 Å². The Morgan fingerprint density at radius 2 is 1.33 bits per heavy atom. The predicted octanol–water partition coefficient (Wildman–Crippen LogP) is 4.64. The van der Waals surface area contributed by atoms with E-state index in [1.54, 1.807) is 7.11 Å². The lowest BCUT2D eigenvalue weighted by atomic mass is 9.66. The fourth-order valence-corrected chi connectivity index (χ4v) is 1.99. The largest absolute Gasteiger partial charge is 0.394 e. The van der Waals surface area contributed by atoms with Crippen molar-refractivity contribution in [3.63, 3.8) is 0 Å². The third-order valence-electron chi connectivity index (χ3n) is 5.85. The van der Waals surface area contributed by atoms with Crippen LogP contribution in [0.4, 0.5) is 0 Å². The van der Waals surface area contributed by atoms with Crippen LogP contribution in [-0.2, 0) is 14.2 Å². The standard InChI is InChI=1S/C20H42O4/c1-17(2,3)19(7,8)12-15(13-21)23-16(14-22-11)24-20(9,10)18(4,5)6/h15-16,21H,12-14H2,1-11H3. The van der Waals surface area contributed by atoms with Crippen LogP contribution < -0.4 is 0 Å². The lowest BCUT2D eigenvalue weighted by Crippen LogP contribution is -2.46. The Morgan fingerprint density at radius 3 is 1.67 bits per heavy atom. The Morgan fingerprint density at radius 1 is 0.833 bits per heavy atom. The molecule has 0 saturated carbocycles. The van der Waals surface area contributed by atoms with Crippen molar-refractivity contribution in [2.24, 2.45) is 16.2 Å². The highest BCUT2D eigenvalue weighted by Crippen LogP contribution is 2.42. The van der Waals surface area contributed by atoms with Crippen molar-refractivity contribution in [1.29, 1.82) is 0 Å². The molecule has 0 rings (SSSR count). The Bertz CT molecular complexity index is 361. The highest BCUT2D eigenvalue weighted by atomic mass is 16.7. The number of hydrogen-bond acceptors (Lipinski definition) is 4. The molecule has 0 aromatic rings. The molecule has 0 aliphatic carbocycles. The van der Waals surface area contributed by atoms with E-state index in [-0.39, 0.29) is 34.6 Å². The van der Waals surface area contributed by atoms with E-state index >= 15 is 0 Å². The van der Waals surface area contributed by atoms with Crippen molar-refractivity contribution >= 4 is 0 Å². The first kappa shape index (κ1) is 23.8. The van der Waals surface area contributed by atoms with Crippen LogP contribution in [0.2, 0.25) is 0 Å². The summed E-state index contributed by atoms with van der Waals surface area (Å²) in [5, 5.41) is 9.81. The maximum absolute atomic E-state index is 9.81. The Kier molecular flexibility index (Phi) is 8.42. The molecule has 24 heavy (non-hydrogen) atoms. The molecule has 0 saturated heterocycles. The summed E-state index contributed by atoms with van der Waals surface area (Å²) in [7, 11) is 1.64. The maximum Gasteiger partial charge on any atom is 0.181 e. The summed E-state index contributed by atoms with van der Waals surface area (Å²) in [5.41, 5.74) is -0.277. The summed E-state index contributed by atoms with van der Waals surface area (Å²) < 4.78 is 17.6. The molecular formula is C20H42O4. The lowest BCUT2D eigenvalue weighted by molar-refractivity contribution is -0.264. The third kappa shape index (κ3) is 6.99. The number of aliphatic hydroxyl groups excluding tert-OH is 1. The first-order valence-electron chi connectivity index (χ1n) is 9.00. The van der Waals surface area contributed by atoms with Crippen molar-refractivity contribution in [3.8, 4) is 0 Å². The van der Waals surface area contributed by atoms with Gasteiger partial charge in [-0.05, 0) is 36.5 Å². The smallest absolute Gasteiger partial charge is 0.181 e. The van der Waals surface area contributed by atoms with Crippen LogP contribution in [0.3, 0.4) is 0 Å². The van der Waals surface area contributed by atoms with Crippen LogP contribution in [-0.4, -0.2) is 43.4 Å². The van der Waals surface area contributed by atoms with Crippen LogP contribution in [0, 0.1) is 16.2 Å². The molecule has 4 nitrogen and oxygen atoms in total. The van der Waals surface area contributed by atoms with Gasteiger partial charge in [-0.3, -0.25) is 0 Å². The molecule has 0 radical (unpaired) electrons. The molecule has 0 aliphatic heterocycles. The quantitative estimate of drug-likeness (QED) is 0.618. The molecule has 4 heteroatoms. The van der Waals surface area contributed by atoms with Gasteiger partial charge in [0.2, 0.25) is 0 Å². The molecule has 0 aromatic carbocycles. The van der Waals surface area contributed by atoms with Gasteiger partial charge < -0.3 is 19.3 Å². The van der Waals surface area contributed by atoms with Gasteiger partial charge in [0.25, 0.3) is 0 Å². The minimum Gasteiger partial charge on any atom is -0.394 e. The monoisotopic (exact) mass is 346 g/mol. The summed E-state index contributed by atoms with van der Waals surface area (Å²) in [6.07, 6.45) is -0.0285. The number of rotatable bonds is 9. The molecule has 0 heterocycles. The molecular weight excluding hydrogens is 304 g/mol. The zero-order chi connectivity index (χ0) is 19.4. The highest BCUT2D eigenvalue weighted by Gasteiger charge is 2.39. The molecule has 1 N–H and O–H groups in total. The van der Waals surface area contributed by atoms with E-state index in [0.717, 1.165) is 6.42 Å². The van der Waals surface area contributed by atoms with Crippen molar-refractivity contribution in [2.75, 3.05) is 20.3 Å². The van der Waals surface area contributed by atoms with Gasteiger partial charge in [0.05, 0.1) is 24.9 Å².